The summed E-state index contributed by atoms with van der Waals surface area (Å²) in [7, 11) is 0. The molecular formula is C19H18ClNO2S. The van der Waals surface area contributed by atoms with Gasteiger partial charge in [0.05, 0.1) is 11.4 Å². The molecule has 124 valence electrons. The number of hydrogen-bond donors (Lipinski definition) is 1. The molecule has 1 aromatic carbocycles. The maximum absolute atomic E-state index is 11.9. The van der Waals surface area contributed by atoms with Crippen LogP contribution < -0.4 is 0 Å². The van der Waals surface area contributed by atoms with Gasteiger partial charge >= 0.3 is 5.97 Å². The Kier molecular flexibility index (Phi) is 4.88. The van der Waals surface area contributed by atoms with Crippen LogP contribution in [0.4, 0.5) is 0 Å². The van der Waals surface area contributed by atoms with Gasteiger partial charge in [-0.3, -0.25) is 9.78 Å². The molecule has 0 aliphatic carbocycles. The van der Waals surface area contributed by atoms with Crippen LogP contribution in [0.15, 0.2) is 35.7 Å². The largest absolute Gasteiger partial charge is 0.481 e. The van der Waals surface area contributed by atoms with Crippen molar-refractivity contribution in [2.45, 2.75) is 32.6 Å². The third kappa shape index (κ3) is 3.04. The quantitative estimate of drug-likeness (QED) is 0.617. The van der Waals surface area contributed by atoms with Crippen molar-refractivity contribution >= 4 is 39.8 Å². The topological polar surface area (TPSA) is 50.2 Å². The minimum absolute atomic E-state index is 0.567. The number of halogens is 1. The lowest BCUT2D eigenvalue weighted by Gasteiger charge is -2.20. The summed E-state index contributed by atoms with van der Waals surface area (Å²) in [5, 5.41) is 13.3. The van der Waals surface area contributed by atoms with Crippen LogP contribution in [-0.4, -0.2) is 16.1 Å². The van der Waals surface area contributed by atoms with E-state index in [0.29, 0.717) is 11.4 Å². The van der Waals surface area contributed by atoms with E-state index in [-0.39, 0.29) is 0 Å². The first-order valence-electron chi connectivity index (χ1n) is 7.89. The average molecular weight is 360 g/mol. The Morgan fingerprint density at radius 1 is 1.38 bits per heavy atom. The number of pyridine rings is 1. The molecule has 0 bridgehead atoms. The second-order valence-electron chi connectivity index (χ2n) is 5.80. The fourth-order valence-corrected chi connectivity index (χ4v) is 4.14. The number of carbonyl (C=O) groups is 1. The average Bonchev–Trinajstić information content (AvgIpc) is 3.06. The van der Waals surface area contributed by atoms with Gasteiger partial charge in [-0.15, -0.1) is 11.3 Å². The lowest BCUT2D eigenvalue weighted by Crippen LogP contribution is -2.15. The van der Waals surface area contributed by atoms with Gasteiger partial charge in [0.15, 0.2) is 0 Å². The Labute approximate surface area is 149 Å². The number of fused-ring (bicyclic) bond motifs is 1. The number of aliphatic carboxylic acids is 1. The minimum Gasteiger partial charge on any atom is -0.481 e. The molecule has 3 nitrogen and oxygen atoms in total. The Morgan fingerprint density at radius 2 is 2.17 bits per heavy atom. The summed E-state index contributed by atoms with van der Waals surface area (Å²) >= 11 is 7.81. The fraction of sp³-hybridized carbons (Fsp3) is 0.263. The SMILES string of the molecule is CCCC(C(=O)O)c1c(C)nc2ccc(Cl)cc2c1-c1cccs1. The van der Waals surface area contributed by atoms with E-state index in [2.05, 4.69) is 4.98 Å². The van der Waals surface area contributed by atoms with Gasteiger partial charge in [0, 0.05) is 26.5 Å². The number of thiophene rings is 1. The lowest BCUT2D eigenvalue weighted by atomic mass is 9.87. The number of carboxylic acids is 1. The molecule has 0 amide bonds. The molecule has 2 heterocycles. The number of nitrogens with zero attached hydrogens (tertiary/aromatic N) is 1. The van der Waals surface area contributed by atoms with Gasteiger partial charge in [0.25, 0.3) is 0 Å². The maximum atomic E-state index is 11.9. The second kappa shape index (κ2) is 6.91. The molecule has 0 spiro atoms. The number of carboxylic acid groups (broad SMARTS) is 1. The van der Waals surface area contributed by atoms with Crippen LogP contribution in [-0.2, 0) is 4.79 Å². The highest BCUT2D eigenvalue weighted by Crippen LogP contribution is 2.41. The highest BCUT2D eigenvalue weighted by molar-refractivity contribution is 7.13. The summed E-state index contributed by atoms with van der Waals surface area (Å²) in [6.07, 6.45) is 1.39. The van der Waals surface area contributed by atoms with E-state index in [1.807, 2.05) is 49.6 Å². The molecule has 1 atom stereocenters. The molecule has 1 unspecified atom stereocenters. The van der Waals surface area contributed by atoms with Gasteiger partial charge in [0.1, 0.15) is 0 Å². The van der Waals surface area contributed by atoms with Crippen LogP contribution in [0.3, 0.4) is 0 Å². The molecule has 3 aromatic rings. The van der Waals surface area contributed by atoms with Gasteiger partial charge in [-0.25, -0.2) is 0 Å². The van der Waals surface area contributed by atoms with Crippen LogP contribution in [0.5, 0.6) is 0 Å². The van der Waals surface area contributed by atoms with Crippen LogP contribution >= 0.6 is 22.9 Å². The number of benzene rings is 1. The highest BCUT2D eigenvalue weighted by Gasteiger charge is 2.27. The van der Waals surface area contributed by atoms with E-state index in [4.69, 9.17) is 11.6 Å². The molecule has 3 rings (SSSR count). The number of aromatic nitrogens is 1. The summed E-state index contributed by atoms with van der Waals surface area (Å²) in [6, 6.07) is 9.59. The lowest BCUT2D eigenvalue weighted by molar-refractivity contribution is -0.139. The highest BCUT2D eigenvalue weighted by atomic mass is 35.5. The second-order valence-corrected chi connectivity index (χ2v) is 7.19. The smallest absolute Gasteiger partial charge is 0.311 e. The van der Waals surface area contributed by atoms with Crippen molar-refractivity contribution in [1.82, 2.24) is 4.98 Å². The van der Waals surface area contributed by atoms with E-state index >= 15 is 0 Å². The normalized spacial score (nSPS) is 12.5. The molecule has 0 aliphatic rings. The number of rotatable bonds is 5. The van der Waals surface area contributed by atoms with Crippen molar-refractivity contribution in [3.05, 3.63) is 52.0 Å². The van der Waals surface area contributed by atoms with Gasteiger partial charge < -0.3 is 5.11 Å². The van der Waals surface area contributed by atoms with Gasteiger partial charge in [0.2, 0.25) is 0 Å². The summed E-state index contributed by atoms with van der Waals surface area (Å²) in [5.41, 5.74) is 3.37. The standard InChI is InChI=1S/C19H18ClNO2S/c1-3-5-13(19(22)23)17-11(2)21-15-8-7-12(20)10-14(15)18(17)16-6-4-9-24-16/h4,6-10,13H,3,5H2,1-2H3,(H,22,23). The summed E-state index contributed by atoms with van der Waals surface area (Å²) in [5.74, 6) is -1.37. The van der Waals surface area contributed by atoms with Crippen molar-refractivity contribution in [2.24, 2.45) is 0 Å². The maximum Gasteiger partial charge on any atom is 0.311 e. The van der Waals surface area contributed by atoms with Crippen LogP contribution in [0, 0.1) is 6.92 Å². The molecule has 0 fully saturated rings. The van der Waals surface area contributed by atoms with Gasteiger partial charge in [-0.05, 0) is 48.6 Å². The van der Waals surface area contributed by atoms with Crippen LogP contribution in [0.25, 0.3) is 21.3 Å². The Morgan fingerprint density at radius 3 is 2.79 bits per heavy atom. The minimum atomic E-state index is -0.805. The zero-order chi connectivity index (χ0) is 17.3. The van der Waals surface area contributed by atoms with Gasteiger partial charge in [-0.1, -0.05) is 31.0 Å². The predicted molar refractivity (Wildman–Crippen MR) is 100 cm³/mol. The molecule has 2 aromatic heterocycles. The summed E-state index contributed by atoms with van der Waals surface area (Å²) in [6.45, 7) is 3.90. The van der Waals surface area contributed by atoms with Crippen molar-refractivity contribution in [3.8, 4) is 10.4 Å². The Bertz CT molecular complexity index is 890. The Hall–Kier alpha value is -1.91. The monoisotopic (exact) mass is 359 g/mol. The van der Waals surface area contributed by atoms with Crippen molar-refractivity contribution in [1.29, 1.82) is 0 Å². The van der Waals surface area contributed by atoms with Crippen LogP contribution in [0.1, 0.15) is 36.9 Å². The van der Waals surface area contributed by atoms with E-state index < -0.39 is 11.9 Å². The van der Waals surface area contributed by atoms with E-state index in [0.717, 1.165) is 39.0 Å². The molecule has 0 radical (unpaired) electrons. The van der Waals surface area contributed by atoms with Gasteiger partial charge in [-0.2, -0.15) is 0 Å². The van der Waals surface area contributed by atoms with E-state index in [1.165, 1.54) is 0 Å². The summed E-state index contributed by atoms with van der Waals surface area (Å²) in [4.78, 5) is 17.6. The first-order valence-corrected chi connectivity index (χ1v) is 9.15. The van der Waals surface area contributed by atoms with Crippen molar-refractivity contribution in [2.75, 3.05) is 0 Å². The number of hydrogen-bond acceptors (Lipinski definition) is 3. The molecule has 0 saturated heterocycles. The van der Waals surface area contributed by atoms with Crippen molar-refractivity contribution < 1.29 is 9.90 Å². The number of aryl methyl sites for hydroxylation is 1. The molecule has 0 saturated carbocycles. The Balaban J connectivity index is 2.41. The fourth-order valence-electron chi connectivity index (χ4n) is 3.17. The van der Waals surface area contributed by atoms with Crippen LogP contribution in [0.2, 0.25) is 5.02 Å². The molecule has 5 heteroatoms. The zero-order valence-corrected chi connectivity index (χ0v) is 15.1. The van der Waals surface area contributed by atoms with Crippen molar-refractivity contribution in [3.63, 3.8) is 0 Å². The summed E-state index contributed by atoms with van der Waals surface area (Å²) < 4.78 is 0. The predicted octanol–water partition coefficient (Wildman–Crippen LogP) is 5.89. The molecular weight excluding hydrogens is 342 g/mol. The first-order chi connectivity index (χ1) is 11.5. The van der Waals surface area contributed by atoms with E-state index in [1.54, 1.807) is 11.3 Å². The molecule has 24 heavy (non-hydrogen) atoms. The first kappa shape index (κ1) is 16.9. The molecule has 0 aliphatic heterocycles. The van der Waals surface area contributed by atoms with E-state index in [9.17, 15) is 9.90 Å². The third-order valence-electron chi connectivity index (χ3n) is 4.17. The zero-order valence-electron chi connectivity index (χ0n) is 13.5. The third-order valence-corrected chi connectivity index (χ3v) is 5.29. The molecule has 1 N–H and O–H groups in total.